The van der Waals surface area contributed by atoms with Gasteiger partial charge in [-0.25, -0.2) is 0 Å². The van der Waals surface area contributed by atoms with Gasteiger partial charge in [0, 0.05) is 0 Å². The maximum atomic E-state index is 10.5. The molecule has 80 valence electrons. The second kappa shape index (κ2) is 5.20. The van der Waals surface area contributed by atoms with Crippen molar-refractivity contribution in [3.8, 4) is 11.5 Å². The van der Waals surface area contributed by atoms with Gasteiger partial charge in [0.2, 0.25) is 0 Å². The van der Waals surface area contributed by atoms with Crippen LogP contribution in [0, 0.1) is 0 Å². The summed E-state index contributed by atoms with van der Waals surface area (Å²) in [7, 11) is 0. The summed E-state index contributed by atoms with van der Waals surface area (Å²) in [5.41, 5.74) is 1.38. The first kappa shape index (κ1) is 11.3. The Bertz CT molecular complexity index is 376. The second-order valence-corrected chi connectivity index (χ2v) is 3.40. The van der Waals surface area contributed by atoms with E-state index in [1.165, 1.54) is 6.07 Å². The van der Waals surface area contributed by atoms with Gasteiger partial charge in [-0.1, -0.05) is 11.6 Å². The molecule has 0 heterocycles. The van der Waals surface area contributed by atoms with Crippen molar-refractivity contribution in [3.05, 3.63) is 35.4 Å². The van der Waals surface area contributed by atoms with Crippen molar-refractivity contribution in [1.82, 2.24) is 0 Å². The molecule has 0 aromatic heterocycles. The minimum absolute atomic E-state index is 0.102. The van der Waals surface area contributed by atoms with E-state index in [0.717, 1.165) is 5.57 Å². The second-order valence-electron chi connectivity index (χ2n) is 3.40. The van der Waals surface area contributed by atoms with Gasteiger partial charge in [0.05, 0.1) is 5.56 Å². The van der Waals surface area contributed by atoms with E-state index in [4.69, 9.17) is 4.74 Å². The van der Waals surface area contributed by atoms with Gasteiger partial charge in [-0.3, -0.25) is 4.79 Å². The quantitative estimate of drug-likeness (QED) is 0.608. The van der Waals surface area contributed by atoms with Crippen molar-refractivity contribution in [3.63, 3.8) is 0 Å². The highest BCUT2D eigenvalue weighted by Gasteiger charge is 2.05. The SMILES string of the molecule is CC(C)=CCOc1cccc(C=O)c1O. The number of hydrogen-bond donors (Lipinski definition) is 1. The third kappa shape index (κ3) is 3.13. The number of benzene rings is 1. The van der Waals surface area contributed by atoms with Crippen molar-refractivity contribution >= 4 is 6.29 Å². The number of carbonyl (C=O) groups excluding carboxylic acids is 1. The summed E-state index contributed by atoms with van der Waals surface area (Å²) in [4.78, 5) is 10.5. The van der Waals surface area contributed by atoms with Gasteiger partial charge in [-0.15, -0.1) is 0 Å². The molecule has 0 aliphatic heterocycles. The largest absolute Gasteiger partial charge is 0.504 e. The van der Waals surface area contributed by atoms with E-state index in [9.17, 15) is 9.90 Å². The van der Waals surface area contributed by atoms with Gasteiger partial charge >= 0.3 is 0 Å². The van der Waals surface area contributed by atoms with Crippen LogP contribution >= 0.6 is 0 Å². The molecule has 0 amide bonds. The van der Waals surface area contributed by atoms with Crippen LogP contribution in [0.25, 0.3) is 0 Å². The highest BCUT2D eigenvalue weighted by molar-refractivity contribution is 5.80. The first-order chi connectivity index (χ1) is 7.15. The number of rotatable bonds is 4. The molecule has 15 heavy (non-hydrogen) atoms. The van der Waals surface area contributed by atoms with Crippen molar-refractivity contribution in [2.24, 2.45) is 0 Å². The van der Waals surface area contributed by atoms with Crippen LogP contribution in [-0.2, 0) is 0 Å². The van der Waals surface area contributed by atoms with Crippen LogP contribution < -0.4 is 4.74 Å². The lowest BCUT2D eigenvalue weighted by atomic mass is 10.2. The summed E-state index contributed by atoms with van der Waals surface area (Å²) < 4.78 is 5.30. The zero-order valence-electron chi connectivity index (χ0n) is 8.86. The van der Waals surface area contributed by atoms with E-state index in [0.29, 0.717) is 18.6 Å². The molecule has 1 N–H and O–H groups in total. The molecular formula is C12H14O3. The highest BCUT2D eigenvalue weighted by atomic mass is 16.5. The molecule has 3 heteroatoms. The molecule has 1 aromatic carbocycles. The Balaban J connectivity index is 2.77. The van der Waals surface area contributed by atoms with E-state index in [2.05, 4.69) is 0 Å². The third-order valence-corrected chi connectivity index (χ3v) is 1.89. The summed E-state index contributed by atoms with van der Waals surface area (Å²) >= 11 is 0. The van der Waals surface area contributed by atoms with Gasteiger partial charge in [0.15, 0.2) is 17.8 Å². The summed E-state index contributed by atoms with van der Waals surface area (Å²) in [6.45, 7) is 4.31. The number of carbonyl (C=O) groups is 1. The van der Waals surface area contributed by atoms with Crippen LogP contribution in [0.5, 0.6) is 11.5 Å². The summed E-state index contributed by atoms with van der Waals surface area (Å²) in [6, 6.07) is 4.83. The Morgan fingerprint density at radius 2 is 2.20 bits per heavy atom. The molecule has 0 saturated carbocycles. The van der Waals surface area contributed by atoms with Crippen LogP contribution in [0.4, 0.5) is 0 Å². The van der Waals surface area contributed by atoms with Crippen LogP contribution in [0.2, 0.25) is 0 Å². The first-order valence-electron chi connectivity index (χ1n) is 4.68. The zero-order valence-corrected chi connectivity index (χ0v) is 8.86. The first-order valence-corrected chi connectivity index (χ1v) is 4.68. The topological polar surface area (TPSA) is 46.5 Å². The van der Waals surface area contributed by atoms with Crippen LogP contribution in [0.15, 0.2) is 29.8 Å². The number of aldehydes is 1. The molecule has 0 radical (unpaired) electrons. The Labute approximate surface area is 89.0 Å². The number of para-hydroxylation sites is 1. The molecule has 1 aromatic rings. The molecule has 0 aliphatic carbocycles. The Kier molecular flexibility index (Phi) is 3.92. The van der Waals surface area contributed by atoms with E-state index in [-0.39, 0.29) is 11.3 Å². The van der Waals surface area contributed by atoms with Crippen LogP contribution in [-0.4, -0.2) is 18.0 Å². The molecule has 3 nitrogen and oxygen atoms in total. The smallest absolute Gasteiger partial charge is 0.168 e. The fourth-order valence-electron chi connectivity index (χ4n) is 1.05. The highest BCUT2D eigenvalue weighted by Crippen LogP contribution is 2.28. The molecule has 0 bridgehead atoms. The zero-order chi connectivity index (χ0) is 11.3. The van der Waals surface area contributed by atoms with Crippen LogP contribution in [0.3, 0.4) is 0 Å². The van der Waals surface area contributed by atoms with E-state index in [1.807, 2.05) is 19.9 Å². The molecule has 0 unspecified atom stereocenters. The summed E-state index contributed by atoms with van der Waals surface area (Å²) in [6.07, 6.45) is 2.50. The van der Waals surface area contributed by atoms with Gasteiger partial charge < -0.3 is 9.84 Å². The Hall–Kier alpha value is -1.77. The Morgan fingerprint density at radius 3 is 2.80 bits per heavy atom. The van der Waals surface area contributed by atoms with Gasteiger partial charge in [-0.05, 0) is 32.1 Å². The molecule has 0 fully saturated rings. The molecule has 1 rings (SSSR count). The maximum Gasteiger partial charge on any atom is 0.168 e. The maximum absolute atomic E-state index is 10.5. The summed E-state index contributed by atoms with van der Waals surface area (Å²) in [5, 5.41) is 9.58. The fraction of sp³-hybridized carbons (Fsp3) is 0.250. The predicted molar refractivity (Wildman–Crippen MR) is 58.4 cm³/mol. The molecule has 0 saturated heterocycles. The number of aromatic hydroxyl groups is 1. The Morgan fingerprint density at radius 1 is 1.47 bits per heavy atom. The predicted octanol–water partition coefficient (Wildman–Crippen LogP) is 2.55. The standard InChI is InChI=1S/C12H14O3/c1-9(2)6-7-15-11-5-3-4-10(8-13)12(11)14/h3-6,8,14H,7H2,1-2H3. The van der Waals surface area contributed by atoms with Crippen molar-refractivity contribution in [2.75, 3.05) is 6.61 Å². The molecule has 0 aliphatic rings. The normalized spacial score (nSPS) is 9.47. The number of ether oxygens (including phenoxy) is 1. The van der Waals surface area contributed by atoms with Crippen molar-refractivity contribution < 1.29 is 14.6 Å². The van der Waals surface area contributed by atoms with Gasteiger partial charge in [0.25, 0.3) is 0 Å². The number of hydrogen-bond acceptors (Lipinski definition) is 3. The van der Waals surface area contributed by atoms with Crippen molar-refractivity contribution in [1.29, 1.82) is 0 Å². The third-order valence-electron chi connectivity index (χ3n) is 1.89. The molecular weight excluding hydrogens is 192 g/mol. The number of allylic oxidation sites excluding steroid dienone is 1. The van der Waals surface area contributed by atoms with Crippen LogP contribution in [0.1, 0.15) is 24.2 Å². The minimum atomic E-state index is -0.102. The summed E-state index contributed by atoms with van der Waals surface area (Å²) in [5.74, 6) is 0.228. The van der Waals surface area contributed by atoms with Gasteiger partial charge in [0.1, 0.15) is 6.61 Å². The number of phenols is 1. The minimum Gasteiger partial charge on any atom is -0.504 e. The molecule has 0 spiro atoms. The van der Waals surface area contributed by atoms with Crippen molar-refractivity contribution in [2.45, 2.75) is 13.8 Å². The van der Waals surface area contributed by atoms with Gasteiger partial charge in [-0.2, -0.15) is 0 Å². The lowest BCUT2D eigenvalue weighted by Gasteiger charge is -2.06. The lowest BCUT2D eigenvalue weighted by Crippen LogP contribution is -1.95. The fourth-order valence-corrected chi connectivity index (χ4v) is 1.05. The molecule has 0 atom stereocenters. The van der Waals surface area contributed by atoms with E-state index < -0.39 is 0 Å². The lowest BCUT2D eigenvalue weighted by molar-refractivity contribution is 0.112. The average molecular weight is 206 g/mol. The van der Waals surface area contributed by atoms with E-state index >= 15 is 0 Å². The monoisotopic (exact) mass is 206 g/mol. The van der Waals surface area contributed by atoms with E-state index in [1.54, 1.807) is 12.1 Å². The average Bonchev–Trinajstić information content (AvgIpc) is 2.20. The number of phenolic OH excluding ortho intramolecular Hbond substituents is 1.